The van der Waals surface area contributed by atoms with Gasteiger partial charge in [-0.25, -0.2) is 9.98 Å². The molecule has 0 bridgehead atoms. The van der Waals surface area contributed by atoms with E-state index in [2.05, 4.69) is 37.5 Å². The summed E-state index contributed by atoms with van der Waals surface area (Å²) in [6, 6.07) is 4.03. The smallest absolute Gasteiger partial charge is 0.357 e. The van der Waals surface area contributed by atoms with Gasteiger partial charge in [0.25, 0.3) is 0 Å². The zero-order valence-corrected chi connectivity index (χ0v) is 17.8. The van der Waals surface area contributed by atoms with Gasteiger partial charge in [0.1, 0.15) is 5.82 Å². The Morgan fingerprint density at radius 2 is 1.97 bits per heavy atom. The van der Waals surface area contributed by atoms with Crippen LogP contribution in [0.3, 0.4) is 0 Å². The van der Waals surface area contributed by atoms with Crippen LogP contribution in [0.15, 0.2) is 23.3 Å². The fourth-order valence-electron chi connectivity index (χ4n) is 3.76. The third-order valence-electron chi connectivity index (χ3n) is 5.42. The molecule has 1 unspecified atom stereocenters. The highest BCUT2D eigenvalue weighted by molar-refractivity contribution is 5.80. The van der Waals surface area contributed by atoms with Gasteiger partial charge in [-0.3, -0.25) is 4.90 Å². The highest BCUT2D eigenvalue weighted by Crippen LogP contribution is 2.20. The Labute approximate surface area is 176 Å². The van der Waals surface area contributed by atoms with Crippen molar-refractivity contribution in [2.24, 2.45) is 4.99 Å². The maximum absolute atomic E-state index is 12.6. The first-order chi connectivity index (χ1) is 14.3. The summed E-state index contributed by atoms with van der Waals surface area (Å²) >= 11 is 0. The summed E-state index contributed by atoms with van der Waals surface area (Å²) in [5, 5.41) is 6.44. The zero-order chi connectivity index (χ0) is 21.6. The Morgan fingerprint density at radius 3 is 2.60 bits per heavy atom. The minimum atomic E-state index is -4.16. The summed E-state index contributed by atoms with van der Waals surface area (Å²) in [5.41, 5.74) is 0.996. The molecule has 2 saturated heterocycles. The zero-order valence-electron chi connectivity index (χ0n) is 17.8. The maximum Gasteiger partial charge on any atom is 0.401 e. The highest BCUT2D eigenvalue weighted by Gasteiger charge is 2.34. The van der Waals surface area contributed by atoms with Crippen molar-refractivity contribution < 1.29 is 13.2 Å². The molecular formula is C20H32F3N7. The molecule has 2 aliphatic heterocycles. The van der Waals surface area contributed by atoms with Crippen molar-refractivity contribution in [1.82, 2.24) is 25.4 Å². The Hall–Kier alpha value is -2.07. The number of nitrogens with one attached hydrogen (secondary N) is 2. The number of likely N-dealkylation sites (tertiary alicyclic amines) is 1. The minimum absolute atomic E-state index is 0.0390. The van der Waals surface area contributed by atoms with Crippen molar-refractivity contribution in [1.29, 1.82) is 0 Å². The summed E-state index contributed by atoms with van der Waals surface area (Å²) < 4.78 is 37.7. The topological polar surface area (TPSA) is 59.0 Å². The highest BCUT2D eigenvalue weighted by atomic mass is 19.4. The monoisotopic (exact) mass is 427 g/mol. The molecule has 0 aliphatic carbocycles. The van der Waals surface area contributed by atoms with Gasteiger partial charge in [0, 0.05) is 58.1 Å². The fourth-order valence-corrected chi connectivity index (χ4v) is 3.76. The first kappa shape index (κ1) is 22.6. The molecule has 1 atom stereocenters. The molecule has 10 heteroatoms. The lowest BCUT2D eigenvalue weighted by molar-refractivity contribution is -0.143. The van der Waals surface area contributed by atoms with Gasteiger partial charge in [0.2, 0.25) is 0 Å². The Morgan fingerprint density at radius 1 is 1.20 bits per heavy atom. The lowest BCUT2D eigenvalue weighted by atomic mass is 10.2. The van der Waals surface area contributed by atoms with Crippen molar-refractivity contribution in [2.75, 3.05) is 64.3 Å². The average Bonchev–Trinajstić information content (AvgIpc) is 3.12. The van der Waals surface area contributed by atoms with E-state index in [1.807, 2.05) is 25.3 Å². The van der Waals surface area contributed by atoms with Crippen LogP contribution in [-0.2, 0) is 6.54 Å². The van der Waals surface area contributed by atoms with Crippen LogP contribution in [0.4, 0.5) is 19.0 Å². The molecule has 0 amide bonds. The first-order valence-corrected chi connectivity index (χ1v) is 10.5. The van der Waals surface area contributed by atoms with Crippen molar-refractivity contribution in [3.05, 3.63) is 23.9 Å². The van der Waals surface area contributed by atoms with Gasteiger partial charge in [0.15, 0.2) is 5.96 Å². The molecule has 0 saturated carbocycles. The minimum Gasteiger partial charge on any atom is -0.357 e. The second-order valence-corrected chi connectivity index (χ2v) is 7.99. The molecular weight excluding hydrogens is 395 g/mol. The van der Waals surface area contributed by atoms with E-state index in [0.717, 1.165) is 37.6 Å². The summed E-state index contributed by atoms with van der Waals surface area (Å²) in [6.07, 6.45) is -1.64. The molecule has 168 valence electrons. The quantitative estimate of drug-likeness (QED) is 0.531. The number of aliphatic imine (C=N–C) groups is 1. The van der Waals surface area contributed by atoms with Crippen molar-refractivity contribution >= 4 is 11.8 Å². The lowest BCUT2D eigenvalue weighted by Gasteiger charge is -2.33. The molecule has 1 aromatic heterocycles. The van der Waals surface area contributed by atoms with Gasteiger partial charge in [-0.15, -0.1) is 0 Å². The molecule has 2 N–H and O–H groups in total. The van der Waals surface area contributed by atoms with E-state index in [1.165, 1.54) is 4.90 Å². The number of likely N-dealkylation sites (N-methyl/N-ethyl adjacent to an activating group) is 1. The number of rotatable bonds is 6. The van der Waals surface area contributed by atoms with Gasteiger partial charge < -0.3 is 20.4 Å². The van der Waals surface area contributed by atoms with Crippen LogP contribution in [0.2, 0.25) is 0 Å². The van der Waals surface area contributed by atoms with E-state index < -0.39 is 12.7 Å². The van der Waals surface area contributed by atoms with Gasteiger partial charge in [-0.2, -0.15) is 13.2 Å². The third-order valence-corrected chi connectivity index (χ3v) is 5.42. The lowest BCUT2D eigenvalue weighted by Crippen LogP contribution is -2.45. The number of guanidine groups is 1. The van der Waals surface area contributed by atoms with Crippen LogP contribution in [0.5, 0.6) is 0 Å². The Balaban J connectivity index is 1.52. The number of anilines is 1. The summed E-state index contributed by atoms with van der Waals surface area (Å²) in [5.74, 6) is 1.61. The third kappa shape index (κ3) is 7.02. The van der Waals surface area contributed by atoms with Crippen LogP contribution in [0.1, 0.15) is 18.9 Å². The van der Waals surface area contributed by atoms with Crippen LogP contribution < -0.4 is 15.5 Å². The molecule has 2 aliphatic rings. The largest absolute Gasteiger partial charge is 0.401 e. The summed E-state index contributed by atoms with van der Waals surface area (Å²) in [4.78, 5) is 15.2. The number of pyridine rings is 1. The predicted octanol–water partition coefficient (Wildman–Crippen LogP) is 1.53. The fraction of sp³-hybridized carbons (Fsp3) is 0.700. The van der Waals surface area contributed by atoms with Crippen LogP contribution in [0.25, 0.3) is 0 Å². The van der Waals surface area contributed by atoms with Crippen molar-refractivity contribution in [2.45, 2.75) is 32.1 Å². The molecule has 2 fully saturated rings. The summed E-state index contributed by atoms with van der Waals surface area (Å²) in [7, 11) is 2.13. The van der Waals surface area contributed by atoms with Gasteiger partial charge in [0.05, 0.1) is 13.1 Å². The second-order valence-electron chi connectivity index (χ2n) is 7.99. The van der Waals surface area contributed by atoms with E-state index in [-0.39, 0.29) is 6.04 Å². The van der Waals surface area contributed by atoms with Gasteiger partial charge in [-0.05, 0) is 32.0 Å². The molecule has 0 aromatic carbocycles. The normalized spacial score (nSPS) is 21.8. The average molecular weight is 428 g/mol. The molecule has 3 rings (SSSR count). The predicted molar refractivity (Wildman–Crippen MR) is 113 cm³/mol. The maximum atomic E-state index is 12.6. The number of aromatic nitrogens is 1. The SMILES string of the molecule is CCNC(=NCc1ccc(N2CCN(C)CC2)nc1)NC1CCN(CC(F)(F)F)C1. The van der Waals surface area contributed by atoms with Crippen LogP contribution in [0, 0.1) is 0 Å². The molecule has 1 aromatic rings. The van der Waals surface area contributed by atoms with Crippen LogP contribution in [-0.4, -0.2) is 92.4 Å². The number of halogens is 3. The molecule has 30 heavy (non-hydrogen) atoms. The number of nitrogens with zero attached hydrogens (tertiary/aromatic N) is 5. The first-order valence-electron chi connectivity index (χ1n) is 10.5. The number of alkyl halides is 3. The molecule has 0 radical (unpaired) electrons. The van der Waals surface area contributed by atoms with Crippen molar-refractivity contribution in [3.8, 4) is 0 Å². The molecule has 3 heterocycles. The van der Waals surface area contributed by atoms with E-state index in [4.69, 9.17) is 0 Å². The van der Waals surface area contributed by atoms with Gasteiger partial charge in [-0.1, -0.05) is 6.07 Å². The Bertz CT molecular complexity index is 685. The summed E-state index contributed by atoms with van der Waals surface area (Å²) in [6.45, 7) is 7.08. The van der Waals surface area contributed by atoms with E-state index in [9.17, 15) is 13.2 Å². The Kier molecular flexibility index (Phi) is 7.76. The number of hydrogen-bond acceptors (Lipinski definition) is 5. The standard InChI is InChI=1S/C20H32F3N7/c1-3-24-19(27-17-6-7-29(14-17)15-20(21,22)23)26-13-16-4-5-18(25-12-16)30-10-8-28(2)9-11-30/h4-5,12,17H,3,6-11,13-15H2,1-2H3,(H2,24,26,27). The second kappa shape index (κ2) is 10.3. The molecule has 7 nitrogen and oxygen atoms in total. The van der Waals surface area contributed by atoms with Crippen LogP contribution >= 0.6 is 0 Å². The van der Waals surface area contributed by atoms with Gasteiger partial charge >= 0.3 is 6.18 Å². The number of hydrogen-bond donors (Lipinski definition) is 2. The van der Waals surface area contributed by atoms with Crippen molar-refractivity contribution in [3.63, 3.8) is 0 Å². The van der Waals surface area contributed by atoms with E-state index in [1.54, 1.807) is 0 Å². The van der Waals surface area contributed by atoms with E-state index >= 15 is 0 Å². The molecule has 0 spiro atoms. The number of piperazine rings is 1. The van der Waals surface area contributed by atoms with E-state index in [0.29, 0.717) is 38.6 Å².